The summed E-state index contributed by atoms with van der Waals surface area (Å²) in [4.78, 5) is 6.88. The summed E-state index contributed by atoms with van der Waals surface area (Å²) in [6.45, 7) is 4.35. The Labute approximate surface area is 142 Å². The van der Waals surface area contributed by atoms with Crippen molar-refractivity contribution in [1.29, 1.82) is 0 Å². The summed E-state index contributed by atoms with van der Waals surface area (Å²) < 4.78 is 16.5. The van der Waals surface area contributed by atoms with Gasteiger partial charge in [-0.15, -0.1) is 0 Å². The summed E-state index contributed by atoms with van der Waals surface area (Å²) in [5, 5.41) is 0. The van der Waals surface area contributed by atoms with Crippen LogP contribution in [0.25, 0.3) is 11.1 Å². The van der Waals surface area contributed by atoms with E-state index in [1.54, 1.807) is 0 Å². The van der Waals surface area contributed by atoms with Crippen LogP contribution in [-0.4, -0.2) is 42.9 Å². The first kappa shape index (κ1) is 15.3. The minimum atomic E-state index is 0.292. The van der Waals surface area contributed by atoms with Gasteiger partial charge in [0.15, 0.2) is 11.5 Å². The third kappa shape index (κ3) is 3.46. The number of nitrogens with zero attached hydrogens (tertiary/aromatic N) is 2. The molecule has 1 aromatic carbocycles. The fraction of sp³-hybridized carbons (Fsp3) is 0.421. The van der Waals surface area contributed by atoms with Crippen molar-refractivity contribution in [3.05, 3.63) is 36.5 Å². The standard InChI is InChI=1S/C19H22N2O3/c1-2-8-21(9-3-1)10-11-22-19-7-5-16(13-20-19)15-4-6-17-18(12-15)24-14-23-17/h4-7,12-13H,1-3,8-11,14H2. The highest BCUT2D eigenvalue weighted by Gasteiger charge is 2.14. The molecule has 2 aromatic rings. The number of piperidine rings is 1. The van der Waals surface area contributed by atoms with Gasteiger partial charge in [-0.2, -0.15) is 0 Å². The number of hydrogen-bond acceptors (Lipinski definition) is 5. The van der Waals surface area contributed by atoms with Gasteiger partial charge < -0.3 is 14.2 Å². The third-order valence-corrected chi connectivity index (χ3v) is 4.55. The molecule has 1 aromatic heterocycles. The Bertz CT molecular complexity index is 682. The molecular formula is C19H22N2O3. The van der Waals surface area contributed by atoms with E-state index in [2.05, 4.69) is 9.88 Å². The largest absolute Gasteiger partial charge is 0.476 e. The summed E-state index contributed by atoms with van der Waals surface area (Å²) in [5.74, 6) is 2.26. The molecule has 2 aliphatic heterocycles. The molecule has 0 amide bonds. The summed E-state index contributed by atoms with van der Waals surface area (Å²) in [7, 11) is 0. The van der Waals surface area contributed by atoms with E-state index in [-0.39, 0.29) is 0 Å². The molecule has 0 saturated carbocycles. The quantitative estimate of drug-likeness (QED) is 0.843. The Morgan fingerprint density at radius 3 is 2.62 bits per heavy atom. The molecule has 0 atom stereocenters. The topological polar surface area (TPSA) is 43.8 Å². The SMILES string of the molecule is c1cc(OCCN2CCCCC2)ncc1-c1ccc2c(c1)OCO2. The second kappa shape index (κ2) is 7.09. The summed E-state index contributed by atoms with van der Waals surface area (Å²) in [6.07, 6.45) is 5.82. The van der Waals surface area contributed by atoms with Crippen LogP contribution in [0, 0.1) is 0 Å². The molecule has 5 nitrogen and oxygen atoms in total. The lowest BCUT2D eigenvalue weighted by molar-refractivity contribution is 0.174. The van der Waals surface area contributed by atoms with Gasteiger partial charge in [0.2, 0.25) is 12.7 Å². The second-order valence-electron chi connectivity index (χ2n) is 6.20. The molecule has 0 bridgehead atoms. The van der Waals surface area contributed by atoms with Gasteiger partial charge in [0.25, 0.3) is 0 Å². The fourth-order valence-electron chi connectivity index (χ4n) is 3.17. The van der Waals surface area contributed by atoms with E-state index in [0.717, 1.165) is 29.2 Å². The van der Waals surface area contributed by atoms with E-state index >= 15 is 0 Å². The average Bonchev–Trinajstić information content (AvgIpc) is 3.11. The smallest absolute Gasteiger partial charge is 0.231 e. The highest BCUT2D eigenvalue weighted by atomic mass is 16.7. The molecule has 3 heterocycles. The minimum Gasteiger partial charge on any atom is -0.476 e. The fourth-order valence-corrected chi connectivity index (χ4v) is 3.17. The van der Waals surface area contributed by atoms with E-state index in [0.29, 0.717) is 19.3 Å². The molecule has 1 fully saturated rings. The number of aromatic nitrogens is 1. The van der Waals surface area contributed by atoms with Crippen molar-refractivity contribution in [1.82, 2.24) is 9.88 Å². The minimum absolute atomic E-state index is 0.292. The summed E-state index contributed by atoms with van der Waals surface area (Å²) in [5.41, 5.74) is 2.10. The van der Waals surface area contributed by atoms with Crippen molar-refractivity contribution in [2.45, 2.75) is 19.3 Å². The van der Waals surface area contributed by atoms with E-state index < -0.39 is 0 Å². The van der Waals surface area contributed by atoms with Crippen LogP contribution in [0.1, 0.15) is 19.3 Å². The van der Waals surface area contributed by atoms with E-state index in [1.807, 2.05) is 36.5 Å². The van der Waals surface area contributed by atoms with Crippen molar-refractivity contribution in [2.24, 2.45) is 0 Å². The van der Waals surface area contributed by atoms with Crippen LogP contribution in [0.3, 0.4) is 0 Å². The zero-order valence-electron chi connectivity index (χ0n) is 13.7. The van der Waals surface area contributed by atoms with Gasteiger partial charge in [0.05, 0.1) is 0 Å². The van der Waals surface area contributed by atoms with E-state index in [1.165, 1.54) is 32.4 Å². The van der Waals surface area contributed by atoms with Crippen molar-refractivity contribution in [3.8, 4) is 28.5 Å². The first-order chi connectivity index (χ1) is 11.9. The number of fused-ring (bicyclic) bond motifs is 1. The monoisotopic (exact) mass is 326 g/mol. The predicted octanol–water partition coefficient (Wildman–Crippen LogP) is 3.34. The Kier molecular flexibility index (Phi) is 4.51. The first-order valence-corrected chi connectivity index (χ1v) is 8.60. The highest BCUT2D eigenvalue weighted by Crippen LogP contribution is 2.35. The van der Waals surface area contributed by atoms with Gasteiger partial charge in [0.1, 0.15) is 6.61 Å². The Hall–Kier alpha value is -2.27. The maximum absolute atomic E-state index is 5.78. The maximum atomic E-state index is 5.78. The number of pyridine rings is 1. The van der Waals surface area contributed by atoms with Gasteiger partial charge >= 0.3 is 0 Å². The van der Waals surface area contributed by atoms with Crippen molar-refractivity contribution in [3.63, 3.8) is 0 Å². The van der Waals surface area contributed by atoms with E-state index in [4.69, 9.17) is 14.2 Å². The third-order valence-electron chi connectivity index (χ3n) is 4.55. The molecule has 0 radical (unpaired) electrons. The first-order valence-electron chi connectivity index (χ1n) is 8.60. The predicted molar refractivity (Wildman–Crippen MR) is 91.6 cm³/mol. The number of rotatable bonds is 5. The van der Waals surface area contributed by atoms with Crippen LogP contribution in [0.4, 0.5) is 0 Å². The van der Waals surface area contributed by atoms with Crippen LogP contribution >= 0.6 is 0 Å². The lowest BCUT2D eigenvalue weighted by Gasteiger charge is -2.26. The zero-order chi connectivity index (χ0) is 16.2. The molecule has 1 saturated heterocycles. The number of ether oxygens (including phenoxy) is 3. The van der Waals surface area contributed by atoms with Crippen LogP contribution < -0.4 is 14.2 Å². The second-order valence-corrected chi connectivity index (χ2v) is 6.20. The molecule has 0 N–H and O–H groups in total. The Balaban J connectivity index is 1.34. The zero-order valence-corrected chi connectivity index (χ0v) is 13.7. The molecule has 2 aliphatic rings. The van der Waals surface area contributed by atoms with Crippen LogP contribution in [0.15, 0.2) is 36.5 Å². The van der Waals surface area contributed by atoms with Crippen molar-refractivity contribution in [2.75, 3.05) is 33.0 Å². The average molecular weight is 326 g/mol. The number of hydrogen-bond donors (Lipinski definition) is 0. The molecule has 24 heavy (non-hydrogen) atoms. The molecule has 0 aliphatic carbocycles. The van der Waals surface area contributed by atoms with Crippen LogP contribution in [0.5, 0.6) is 17.4 Å². The van der Waals surface area contributed by atoms with Crippen LogP contribution in [-0.2, 0) is 0 Å². The van der Waals surface area contributed by atoms with Gasteiger partial charge in [-0.25, -0.2) is 4.98 Å². The Morgan fingerprint density at radius 1 is 0.958 bits per heavy atom. The van der Waals surface area contributed by atoms with Crippen molar-refractivity contribution < 1.29 is 14.2 Å². The molecule has 5 heteroatoms. The molecule has 0 unspecified atom stereocenters. The summed E-state index contributed by atoms with van der Waals surface area (Å²) >= 11 is 0. The van der Waals surface area contributed by atoms with Gasteiger partial charge in [-0.05, 0) is 49.7 Å². The van der Waals surface area contributed by atoms with E-state index in [9.17, 15) is 0 Å². The number of benzene rings is 1. The molecule has 4 rings (SSSR count). The summed E-state index contributed by atoms with van der Waals surface area (Å²) in [6, 6.07) is 9.88. The molecular weight excluding hydrogens is 304 g/mol. The van der Waals surface area contributed by atoms with Crippen molar-refractivity contribution >= 4 is 0 Å². The van der Waals surface area contributed by atoms with Gasteiger partial charge in [0, 0.05) is 24.4 Å². The highest BCUT2D eigenvalue weighted by molar-refractivity contribution is 5.67. The number of likely N-dealkylation sites (tertiary alicyclic amines) is 1. The normalized spacial score (nSPS) is 17.0. The lowest BCUT2D eigenvalue weighted by atomic mass is 10.1. The molecule has 0 spiro atoms. The Morgan fingerprint density at radius 2 is 1.79 bits per heavy atom. The maximum Gasteiger partial charge on any atom is 0.231 e. The van der Waals surface area contributed by atoms with Crippen LogP contribution in [0.2, 0.25) is 0 Å². The molecule has 126 valence electrons. The van der Waals surface area contributed by atoms with Gasteiger partial charge in [-0.3, -0.25) is 4.90 Å². The lowest BCUT2D eigenvalue weighted by Crippen LogP contribution is -2.33. The van der Waals surface area contributed by atoms with Gasteiger partial charge in [-0.1, -0.05) is 12.5 Å².